The van der Waals surface area contributed by atoms with Crippen molar-refractivity contribution in [2.24, 2.45) is 0 Å². The third kappa shape index (κ3) is 3.29. The number of nitrogens with zero attached hydrogens (tertiary/aromatic N) is 1. The number of thioether (sulfide) groups is 1. The SMILES string of the molecule is CC(CNC(=O)C1(O)CCSCC1)c1nc2ccccc2s1. The molecule has 6 heteroatoms. The Hall–Kier alpha value is -1.11. The van der Waals surface area contributed by atoms with Gasteiger partial charge in [0.1, 0.15) is 5.60 Å². The number of hydrogen-bond donors (Lipinski definition) is 2. The van der Waals surface area contributed by atoms with Gasteiger partial charge in [-0.15, -0.1) is 11.3 Å². The van der Waals surface area contributed by atoms with Crippen LogP contribution < -0.4 is 5.32 Å². The van der Waals surface area contributed by atoms with Gasteiger partial charge >= 0.3 is 0 Å². The van der Waals surface area contributed by atoms with Crippen LogP contribution in [0.4, 0.5) is 0 Å². The summed E-state index contributed by atoms with van der Waals surface area (Å²) in [6.07, 6.45) is 1.08. The second-order valence-electron chi connectivity index (χ2n) is 5.77. The highest BCUT2D eigenvalue weighted by Crippen LogP contribution is 2.29. The third-order valence-electron chi connectivity index (χ3n) is 4.04. The first kappa shape index (κ1) is 15.8. The highest BCUT2D eigenvalue weighted by atomic mass is 32.2. The standard InChI is InChI=1S/C16H20N2O2S2/c1-11(14-18-12-4-2-3-5-13(12)22-14)10-17-15(19)16(20)6-8-21-9-7-16/h2-5,11,20H,6-10H2,1H3,(H,17,19). The van der Waals surface area contributed by atoms with E-state index in [0.29, 0.717) is 19.4 Å². The van der Waals surface area contributed by atoms with Gasteiger partial charge in [-0.2, -0.15) is 11.8 Å². The number of amides is 1. The molecule has 1 saturated heterocycles. The van der Waals surface area contributed by atoms with Crippen LogP contribution in [0.5, 0.6) is 0 Å². The number of fused-ring (bicyclic) bond motifs is 1. The van der Waals surface area contributed by atoms with E-state index >= 15 is 0 Å². The first-order valence-electron chi connectivity index (χ1n) is 7.52. The van der Waals surface area contributed by atoms with Crippen LogP contribution >= 0.6 is 23.1 Å². The van der Waals surface area contributed by atoms with Gasteiger partial charge in [0.15, 0.2) is 0 Å². The summed E-state index contributed by atoms with van der Waals surface area (Å²) in [6.45, 7) is 2.56. The van der Waals surface area contributed by atoms with Crippen LogP contribution in [-0.2, 0) is 4.79 Å². The average molecular weight is 336 g/mol. The molecule has 0 radical (unpaired) electrons. The second kappa shape index (κ2) is 6.56. The van der Waals surface area contributed by atoms with E-state index in [1.54, 1.807) is 23.1 Å². The van der Waals surface area contributed by atoms with Gasteiger partial charge < -0.3 is 10.4 Å². The highest BCUT2D eigenvalue weighted by molar-refractivity contribution is 7.99. The van der Waals surface area contributed by atoms with E-state index in [2.05, 4.69) is 23.3 Å². The quantitative estimate of drug-likeness (QED) is 0.901. The van der Waals surface area contributed by atoms with E-state index in [9.17, 15) is 9.90 Å². The molecule has 4 nitrogen and oxygen atoms in total. The maximum Gasteiger partial charge on any atom is 0.252 e. The largest absolute Gasteiger partial charge is 0.380 e. The molecular formula is C16H20N2O2S2. The Balaban J connectivity index is 1.61. The monoisotopic (exact) mass is 336 g/mol. The minimum Gasteiger partial charge on any atom is -0.380 e. The first-order chi connectivity index (χ1) is 10.6. The summed E-state index contributed by atoms with van der Waals surface area (Å²) in [5.41, 5.74) is -0.179. The Morgan fingerprint density at radius 2 is 2.14 bits per heavy atom. The molecule has 22 heavy (non-hydrogen) atoms. The smallest absolute Gasteiger partial charge is 0.252 e. The minimum atomic E-state index is -1.18. The fourth-order valence-corrected chi connectivity index (χ4v) is 4.72. The lowest BCUT2D eigenvalue weighted by Crippen LogP contribution is -2.49. The van der Waals surface area contributed by atoms with Crippen molar-refractivity contribution in [3.8, 4) is 0 Å². The van der Waals surface area contributed by atoms with E-state index in [0.717, 1.165) is 22.0 Å². The van der Waals surface area contributed by atoms with Gasteiger partial charge in [0.25, 0.3) is 5.91 Å². The van der Waals surface area contributed by atoms with Crippen molar-refractivity contribution >= 4 is 39.2 Å². The fourth-order valence-electron chi connectivity index (χ4n) is 2.53. The predicted octanol–water partition coefficient (Wildman–Crippen LogP) is 2.77. The fraction of sp³-hybridized carbons (Fsp3) is 0.500. The number of rotatable bonds is 4. The number of hydrogen-bond acceptors (Lipinski definition) is 5. The number of nitrogens with one attached hydrogen (secondary N) is 1. The van der Waals surface area contributed by atoms with Crippen molar-refractivity contribution in [1.29, 1.82) is 0 Å². The van der Waals surface area contributed by atoms with Gasteiger partial charge in [-0.3, -0.25) is 4.79 Å². The van der Waals surface area contributed by atoms with Gasteiger partial charge in [0.05, 0.1) is 15.2 Å². The highest BCUT2D eigenvalue weighted by Gasteiger charge is 2.37. The molecule has 2 heterocycles. The van der Waals surface area contributed by atoms with E-state index in [1.165, 1.54) is 4.70 Å². The normalized spacial score (nSPS) is 19.0. The molecule has 1 aliphatic heterocycles. The van der Waals surface area contributed by atoms with Crippen LogP contribution in [0.1, 0.15) is 30.7 Å². The molecule has 1 aromatic heterocycles. The predicted molar refractivity (Wildman–Crippen MR) is 92.6 cm³/mol. The maximum atomic E-state index is 12.2. The van der Waals surface area contributed by atoms with Crippen molar-refractivity contribution in [1.82, 2.24) is 10.3 Å². The zero-order valence-electron chi connectivity index (χ0n) is 12.5. The van der Waals surface area contributed by atoms with Gasteiger partial charge in [0, 0.05) is 12.5 Å². The molecule has 1 atom stereocenters. The average Bonchev–Trinajstić information content (AvgIpc) is 2.97. The van der Waals surface area contributed by atoms with Crippen LogP contribution in [0.15, 0.2) is 24.3 Å². The molecule has 1 amide bonds. The van der Waals surface area contributed by atoms with Crippen molar-refractivity contribution in [3.05, 3.63) is 29.3 Å². The Bertz CT molecular complexity index is 632. The van der Waals surface area contributed by atoms with Crippen molar-refractivity contribution in [3.63, 3.8) is 0 Å². The van der Waals surface area contributed by atoms with E-state index in [4.69, 9.17) is 0 Å². The molecule has 0 saturated carbocycles. The molecule has 3 rings (SSSR count). The number of carbonyl (C=O) groups excluding carboxylic acids is 1. The lowest BCUT2D eigenvalue weighted by molar-refractivity contribution is -0.140. The Morgan fingerprint density at radius 3 is 2.86 bits per heavy atom. The number of thiazole rings is 1. The summed E-state index contributed by atoms with van der Waals surface area (Å²) < 4.78 is 1.17. The van der Waals surface area contributed by atoms with E-state index in [-0.39, 0.29) is 11.8 Å². The summed E-state index contributed by atoms with van der Waals surface area (Å²) in [5, 5.41) is 14.3. The molecule has 0 aliphatic carbocycles. The molecule has 1 aromatic carbocycles. The zero-order chi connectivity index (χ0) is 15.6. The molecule has 1 fully saturated rings. The third-order valence-corrected chi connectivity index (χ3v) is 6.30. The molecule has 2 aromatic rings. The zero-order valence-corrected chi connectivity index (χ0v) is 14.2. The van der Waals surface area contributed by atoms with E-state index in [1.807, 2.05) is 18.2 Å². The number of aromatic nitrogens is 1. The Morgan fingerprint density at radius 1 is 1.41 bits per heavy atom. The summed E-state index contributed by atoms with van der Waals surface area (Å²) in [5.74, 6) is 1.60. The maximum absolute atomic E-state index is 12.2. The summed E-state index contributed by atoms with van der Waals surface area (Å²) in [6, 6.07) is 8.05. The Labute approximate surface area is 138 Å². The Kier molecular flexibility index (Phi) is 4.70. The summed E-state index contributed by atoms with van der Waals surface area (Å²) in [7, 11) is 0. The number of para-hydroxylation sites is 1. The van der Waals surface area contributed by atoms with Gasteiger partial charge in [-0.1, -0.05) is 19.1 Å². The molecule has 118 valence electrons. The first-order valence-corrected chi connectivity index (χ1v) is 9.49. The van der Waals surface area contributed by atoms with Gasteiger partial charge in [-0.05, 0) is 36.5 Å². The van der Waals surface area contributed by atoms with Crippen LogP contribution in [0.25, 0.3) is 10.2 Å². The van der Waals surface area contributed by atoms with Crippen LogP contribution in [0.3, 0.4) is 0 Å². The summed E-state index contributed by atoms with van der Waals surface area (Å²) in [4.78, 5) is 16.9. The minimum absolute atomic E-state index is 0.142. The topological polar surface area (TPSA) is 62.2 Å². The number of aliphatic hydroxyl groups is 1. The van der Waals surface area contributed by atoms with Gasteiger partial charge in [0.2, 0.25) is 0 Å². The lowest BCUT2D eigenvalue weighted by atomic mass is 9.95. The second-order valence-corrected chi connectivity index (χ2v) is 8.06. The molecule has 1 unspecified atom stereocenters. The molecule has 2 N–H and O–H groups in total. The van der Waals surface area contributed by atoms with Crippen LogP contribution in [-0.4, -0.2) is 39.6 Å². The van der Waals surface area contributed by atoms with Crippen molar-refractivity contribution in [2.75, 3.05) is 18.1 Å². The molecular weight excluding hydrogens is 316 g/mol. The van der Waals surface area contributed by atoms with E-state index < -0.39 is 5.60 Å². The van der Waals surface area contributed by atoms with Crippen LogP contribution in [0.2, 0.25) is 0 Å². The summed E-state index contributed by atoms with van der Waals surface area (Å²) >= 11 is 3.45. The molecule has 1 aliphatic rings. The molecule has 0 bridgehead atoms. The lowest BCUT2D eigenvalue weighted by Gasteiger charge is -2.30. The number of benzene rings is 1. The van der Waals surface area contributed by atoms with Crippen LogP contribution in [0, 0.1) is 0 Å². The number of carbonyl (C=O) groups is 1. The van der Waals surface area contributed by atoms with Gasteiger partial charge in [-0.25, -0.2) is 4.98 Å². The molecule has 0 spiro atoms. The van der Waals surface area contributed by atoms with Crippen molar-refractivity contribution in [2.45, 2.75) is 31.3 Å². The van der Waals surface area contributed by atoms with Crippen molar-refractivity contribution < 1.29 is 9.90 Å².